The van der Waals surface area contributed by atoms with Crippen molar-refractivity contribution in [2.75, 3.05) is 12.4 Å². The number of amidine groups is 1. The second-order valence-corrected chi connectivity index (χ2v) is 4.70. The molecule has 0 amide bonds. The number of rotatable bonds is 2. The molecule has 0 N–H and O–H groups in total. The molecule has 0 aromatic heterocycles. The molecule has 4 heteroatoms. The highest BCUT2D eigenvalue weighted by molar-refractivity contribution is 8.16. The molecule has 0 bridgehead atoms. The number of hydrogen-bond donors (Lipinski definition) is 0. The van der Waals surface area contributed by atoms with Gasteiger partial charge in [-0.05, 0) is 31.2 Å². The average Bonchev–Trinajstić information content (AvgIpc) is 2.49. The van der Waals surface area contributed by atoms with Crippen LogP contribution in [0.2, 0.25) is 0 Å². The van der Waals surface area contributed by atoms with Crippen molar-refractivity contribution in [2.45, 2.75) is 20.3 Å². The van der Waals surface area contributed by atoms with E-state index in [1.54, 1.807) is 11.8 Å². The number of allylic oxidation sites excluding steroid dienone is 2. The van der Waals surface area contributed by atoms with Crippen molar-refractivity contribution >= 4 is 28.5 Å². The van der Waals surface area contributed by atoms with Crippen LogP contribution in [0.3, 0.4) is 0 Å². The van der Waals surface area contributed by atoms with Crippen molar-refractivity contribution in [3.8, 4) is 0 Å². The molecule has 0 fully saturated rings. The Morgan fingerprint density at radius 2 is 2.36 bits per heavy atom. The van der Waals surface area contributed by atoms with Crippen molar-refractivity contribution in [1.29, 1.82) is 0 Å². The molecule has 0 aromatic carbocycles. The lowest BCUT2D eigenvalue weighted by molar-refractivity contribution is 0.550. The fourth-order valence-electron chi connectivity index (χ4n) is 1.60. The van der Waals surface area contributed by atoms with E-state index in [9.17, 15) is 0 Å². The zero-order chi connectivity index (χ0) is 10.1. The average molecular weight is 229 g/mol. The third-order valence-corrected chi connectivity index (χ3v) is 3.68. The fraction of sp³-hybridized carbons (Fsp3) is 0.500. The van der Waals surface area contributed by atoms with Gasteiger partial charge in [-0.15, -0.1) is 11.6 Å². The molecule has 0 atom stereocenters. The Bertz CT molecular complexity index is 344. The summed E-state index contributed by atoms with van der Waals surface area (Å²) in [4.78, 5) is 6.82. The number of halogens is 1. The van der Waals surface area contributed by atoms with Gasteiger partial charge in [0.2, 0.25) is 0 Å². The maximum Gasteiger partial charge on any atom is 0.172 e. The van der Waals surface area contributed by atoms with Crippen LogP contribution in [0.1, 0.15) is 20.3 Å². The van der Waals surface area contributed by atoms with Crippen LogP contribution >= 0.6 is 23.4 Å². The highest BCUT2D eigenvalue weighted by Crippen LogP contribution is 2.32. The van der Waals surface area contributed by atoms with Crippen LogP contribution in [0.5, 0.6) is 0 Å². The van der Waals surface area contributed by atoms with Gasteiger partial charge < -0.3 is 4.90 Å². The number of hydrogen-bond acceptors (Lipinski definition) is 3. The molecule has 0 aromatic rings. The Hall–Kier alpha value is -0.410. The zero-order valence-electron chi connectivity index (χ0n) is 8.38. The van der Waals surface area contributed by atoms with Crippen molar-refractivity contribution in [1.82, 2.24) is 4.90 Å². The highest BCUT2D eigenvalue weighted by atomic mass is 35.5. The lowest BCUT2D eigenvalue weighted by Crippen LogP contribution is -2.29. The SMILES string of the molecule is CC1=CSC2=NC(C)=C(CCCl)CN12. The number of thioether (sulfide) groups is 1. The molecule has 0 saturated carbocycles. The molecule has 0 spiro atoms. The summed E-state index contributed by atoms with van der Waals surface area (Å²) < 4.78 is 0. The van der Waals surface area contributed by atoms with Crippen molar-refractivity contribution in [3.05, 3.63) is 22.4 Å². The number of nitrogens with zero attached hydrogens (tertiary/aromatic N) is 2. The van der Waals surface area contributed by atoms with Gasteiger partial charge in [0.25, 0.3) is 0 Å². The van der Waals surface area contributed by atoms with Gasteiger partial charge in [-0.25, -0.2) is 4.99 Å². The second kappa shape index (κ2) is 3.99. The van der Waals surface area contributed by atoms with Crippen LogP contribution in [0, 0.1) is 0 Å². The number of aliphatic imine (C=N–C) groups is 1. The summed E-state index contributed by atoms with van der Waals surface area (Å²) in [5.41, 5.74) is 3.79. The molecule has 76 valence electrons. The first-order valence-electron chi connectivity index (χ1n) is 4.66. The van der Waals surface area contributed by atoms with Gasteiger partial charge in [0.1, 0.15) is 0 Å². The molecule has 2 rings (SSSR count). The minimum Gasteiger partial charge on any atom is -0.320 e. The smallest absolute Gasteiger partial charge is 0.172 e. The second-order valence-electron chi connectivity index (χ2n) is 3.49. The summed E-state index contributed by atoms with van der Waals surface area (Å²) in [7, 11) is 0. The highest BCUT2D eigenvalue weighted by Gasteiger charge is 2.24. The van der Waals surface area contributed by atoms with E-state index in [0.717, 1.165) is 23.8 Å². The van der Waals surface area contributed by atoms with E-state index < -0.39 is 0 Å². The molecule has 2 aliphatic rings. The van der Waals surface area contributed by atoms with Gasteiger partial charge in [-0.1, -0.05) is 11.8 Å². The Morgan fingerprint density at radius 1 is 1.57 bits per heavy atom. The largest absolute Gasteiger partial charge is 0.320 e. The zero-order valence-corrected chi connectivity index (χ0v) is 9.95. The fourth-order valence-corrected chi connectivity index (χ4v) is 2.75. The maximum absolute atomic E-state index is 5.76. The van der Waals surface area contributed by atoms with E-state index >= 15 is 0 Å². The lowest BCUT2D eigenvalue weighted by Gasteiger charge is -2.26. The number of fused-ring (bicyclic) bond motifs is 1. The molecule has 0 aliphatic carbocycles. The Balaban J connectivity index is 2.23. The van der Waals surface area contributed by atoms with E-state index in [2.05, 4.69) is 29.1 Å². The van der Waals surface area contributed by atoms with Gasteiger partial charge >= 0.3 is 0 Å². The van der Waals surface area contributed by atoms with Crippen molar-refractivity contribution in [3.63, 3.8) is 0 Å². The Morgan fingerprint density at radius 3 is 3.07 bits per heavy atom. The van der Waals surface area contributed by atoms with Gasteiger partial charge in [0.15, 0.2) is 5.17 Å². The summed E-state index contributed by atoms with van der Waals surface area (Å²) in [6.07, 6.45) is 0.943. The Kier molecular flexibility index (Phi) is 2.88. The van der Waals surface area contributed by atoms with Gasteiger partial charge in [-0.3, -0.25) is 0 Å². The molecule has 14 heavy (non-hydrogen) atoms. The number of alkyl halides is 1. The first-order valence-corrected chi connectivity index (χ1v) is 6.08. The molecule has 0 unspecified atom stereocenters. The first-order chi connectivity index (χ1) is 6.72. The van der Waals surface area contributed by atoms with E-state index in [0.29, 0.717) is 5.88 Å². The van der Waals surface area contributed by atoms with Gasteiger partial charge in [-0.2, -0.15) is 0 Å². The standard InChI is InChI=1S/C10H13ClN2S/c1-7-6-14-10-12-8(2)9(3-4-11)5-13(7)10/h6H,3-5H2,1-2H3. The minimum atomic E-state index is 0.682. The van der Waals surface area contributed by atoms with E-state index in [4.69, 9.17) is 11.6 Å². The van der Waals surface area contributed by atoms with Gasteiger partial charge in [0, 0.05) is 23.8 Å². The molecular formula is C10H13ClN2S. The van der Waals surface area contributed by atoms with Crippen LogP contribution in [0.25, 0.3) is 0 Å². The Labute approximate surface area is 93.7 Å². The predicted molar refractivity (Wildman–Crippen MR) is 63.5 cm³/mol. The van der Waals surface area contributed by atoms with E-state index in [-0.39, 0.29) is 0 Å². The van der Waals surface area contributed by atoms with Crippen molar-refractivity contribution < 1.29 is 0 Å². The van der Waals surface area contributed by atoms with Crippen LogP contribution in [-0.4, -0.2) is 22.5 Å². The van der Waals surface area contributed by atoms with E-state index in [1.165, 1.54) is 11.3 Å². The van der Waals surface area contributed by atoms with Crippen LogP contribution < -0.4 is 0 Å². The van der Waals surface area contributed by atoms with Gasteiger partial charge in [0.05, 0.1) is 0 Å². The third kappa shape index (κ3) is 1.71. The molecule has 2 nitrogen and oxygen atoms in total. The van der Waals surface area contributed by atoms with Crippen LogP contribution in [0.4, 0.5) is 0 Å². The molecular weight excluding hydrogens is 216 g/mol. The van der Waals surface area contributed by atoms with Crippen LogP contribution in [0.15, 0.2) is 27.4 Å². The topological polar surface area (TPSA) is 15.6 Å². The lowest BCUT2D eigenvalue weighted by atomic mass is 10.1. The minimum absolute atomic E-state index is 0.682. The summed E-state index contributed by atoms with van der Waals surface area (Å²) >= 11 is 7.46. The summed E-state index contributed by atoms with van der Waals surface area (Å²) in [5.74, 6) is 0.682. The maximum atomic E-state index is 5.76. The molecule has 0 saturated heterocycles. The molecule has 2 heterocycles. The monoisotopic (exact) mass is 228 g/mol. The van der Waals surface area contributed by atoms with Crippen LogP contribution in [-0.2, 0) is 0 Å². The summed E-state index contributed by atoms with van der Waals surface area (Å²) in [6, 6.07) is 0. The first kappa shape index (κ1) is 10.1. The van der Waals surface area contributed by atoms with E-state index in [1.807, 2.05) is 0 Å². The predicted octanol–water partition coefficient (Wildman–Crippen LogP) is 3.17. The van der Waals surface area contributed by atoms with Crippen molar-refractivity contribution in [2.24, 2.45) is 4.99 Å². The summed E-state index contributed by atoms with van der Waals surface area (Å²) in [5, 5.41) is 3.26. The normalized spacial score (nSPS) is 20.9. The third-order valence-electron chi connectivity index (χ3n) is 2.51. The summed E-state index contributed by atoms with van der Waals surface area (Å²) in [6.45, 7) is 5.15. The molecule has 0 radical (unpaired) electrons. The quantitative estimate of drug-likeness (QED) is 0.675. The molecule has 2 aliphatic heterocycles.